The maximum atomic E-state index is 5.66. The minimum Gasteiger partial charge on any atom is -0.493 e. The predicted molar refractivity (Wildman–Crippen MR) is 70.2 cm³/mol. The molecule has 0 atom stereocenters. The van der Waals surface area contributed by atoms with E-state index in [0.29, 0.717) is 6.61 Å². The lowest BCUT2D eigenvalue weighted by atomic mass is 10.3. The van der Waals surface area contributed by atoms with E-state index in [1.165, 1.54) is 4.88 Å². The van der Waals surface area contributed by atoms with Crippen LogP contribution in [0.4, 0.5) is 0 Å². The van der Waals surface area contributed by atoms with E-state index in [4.69, 9.17) is 4.74 Å². The van der Waals surface area contributed by atoms with Gasteiger partial charge in [0.25, 0.3) is 0 Å². The number of ether oxygens (including phenoxy) is 1. The van der Waals surface area contributed by atoms with Gasteiger partial charge in [0.2, 0.25) is 0 Å². The molecule has 84 valence electrons. The van der Waals surface area contributed by atoms with Gasteiger partial charge in [-0.15, -0.1) is 11.3 Å². The fourth-order valence-electron chi connectivity index (χ4n) is 1.38. The van der Waals surface area contributed by atoms with E-state index < -0.39 is 0 Å². The van der Waals surface area contributed by atoms with Gasteiger partial charge in [-0.1, -0.05) is 22.0 Å². The number of benzene rings is 1. The van der Waals surface area contributed by atoms with E-state index in [1.807, 2.05) is 36.7 Å². The lowest BCUT2D eigenvalue weighted by Crippen LogP contribution is -2.01. The Kier molecular flexibility index (Phi) is 3.96. The highest BCUT2D eigenvalue weighted by Crippen LogP contribution is 2.18. The largest absolute Gasteiger partial charge is 0.493 e. The number of aryl methyl sites for hydroxylation is 1. The van der Waals surface area contributed by atoms with Crippen molar-refractivity contribution in [3.05, 3.63) is 44.8 Å². The van der Waals surface area contributed by atoms with Crippen molar-refractivity contribution in [2.45, 2.75) is 13.3 Å². The summed E-state index contributed by atoms with van der Waals surface area (Å²) in [7, 11) is 0. The van der Waals surface area contributed by atoms with Crippen LogP contribution < -0.4 is 4.74 Å². The number of halogens is 1. The number of nitrogens with zero attached hydrogens (tertiary/aromatic N) is 1. The molecule has 0 bridgehead atoms. The Morgan fingerprint density at radius 2 is 2.31 bits per heavy atom. The van der Waals surface area contributed by atoms with Gasteiger partial charge in [-0.2, -0.15) is 0 Å². The SMILES string of the molecule is Cc1ncsc1CCOc1cccc(Br)c1. The molecule has 2 nitrogen and oxygen atoms in total. The summed E-state index contributed by atoms with van der Waals surface area (Å²) in [5.41, 5.74) is 2.99. The number of thiazole rings is 1. The summed E-state index contributed by atoms with van der Waals surface area (Å²) in [6.07, 6.45) is 0.920. The first-order chi connectivity index (χ1) is 7.75. The Labute approximate surface area is 107 Å². The average Bonchev–Trinajstić information content (AvgIpc) is 2.65. The summed E-state index contributed by atoms with van der Waals surface area (Å²) in [4.78, 5) is 5.51. The van der Waals surface area contributed by atoms with Crippen LogP contribution in [0.1, 0.15) is 10.6 Å². The van der Waals surface area contributed by atoms with Crippen LogP contribution in [0, 0.1) is 6.92 Å². The van der Waals surface area contributed by atoms with Crippen molar-refractivity contribution in [1.29, 1.82) is 0 Å². The maximum absolute atomic E-state index is 5.66. The van der Waals surface area contributed by atoms with Crippen molar-refractivity contribution in [1.82, 2.24) is 4.98 Å². The minimum absolute atomic E-state index is 0.694. The molecular weight excluding hydrogens is 286 g/mol. The quantitative estimate of drug-likeness (QED) is 0.855. The molecule has 0 N–H and O–H groups in total. The van der Waals surface area contributed by atoms with Crippen LogP contribution in [0.15, 0.2) is 34.2 Å². The third-order valence-corrected chi connectivity index (χ3v) is 3.73. The predicted octanol–water partition coefficient (Wildman–Crippen LogP) is 3.84. The molecular formula is C12H12BrNOS. The van der Waals surface area contributed by atoms with Crippen molar-refractivity contribution in [3.8, 4) is 5.75 Å². The average molecular weight is 298 g/mol. The Hall–Kier alpha value is -0.870. The molecule has 0 saturated heterocycles. The van der Waals surface area contributed by atoms with Gasteiger partial charge in [-0.05, 0) is 25.1 Å². The topological polar surface area (TPSA) is 22.1 Å². The standard InChI is InChI=1S/C12H12BrNOS/c1-9-12(16-8-14-9)5-6-15-11-4-2-3-10(13)7-11/h2-4,7-8H,5-6H2,1H3. The van der Waals surface area contributed by atoms with Crippen LogP contribution in [0.25, 0.3) is 0 Å². The Morgan fingerprint density at radius 3 is 3.00 bits per heavy atom. The van der Waals surface area contributed by atoms with E-state index >= 15 is 0 Å². The highest BCUT2D eigenvalue weighted by atomic mass is 79.9. The molecule has 0 saturated carbocycles. The molecule has 1 aromatic carbocycles. The molecule has 0 amide bonds. The van der Waals surface area contributed by atoms with Gasteiger partial charge in [-0.3, -0.25) is 0 Å². The number of hydrogen-bond acceptors (Lipinski definition) is 3. The third-order valence-electron chi connectivity index (χ3n) is 2.24. The van der Waals surface area contributed by atoms with Crippen LogP contribution in [-0.4, -0.2) is 11.6 Å². The number of aromatic nitrogens is 1. The molecule has 0 radical (unpaired) electrons. The van der Waals surface area contributed by atoms with E-state index in [2.05, 4.69) is 20.9 Å². The summed E-state index contributed by atoms with van der Waals surface area (Å²) in [5.74, 6) is 0.900. The van der Waals surface area contributed by atoms with Crippen LogP contribution >= 0.6 is 27.3 Å². The minimum atomic E-state index is 0.694. The summed E-state index contributed by atoms with van der Waals surface area (Å²) >= 11 is 5.10. The molecule has 0 spiro atoms. The lowest BCUT2D eigenvalue weighted by molar-refractivity contribution is 0.322. The molecule has 2 rings (SSSR count). The summed E-state index contributed by atoms with van der Waals surface area (Å²) in [5, 5.41) is 0. The van der Waals surface area contributed by atoms with Crippen molar-refractivity contribution < 1.29 is 4.74 Å². The molecule has 2 aromatic rings. The second-order valence-corrected chi connectivity index (χ2v) is 5.27. The molecule has 4 heteroatoms. The van der Waals surface area contributed by atoms with Crippen molar-refractivity contribution in [3.63, 3.8) is 0 Å². The Morgan fingerprint density at radius 1 is 1.44 bits per heavy atom. The third kappa shape index (κ3) is 3.06. The van der Waals surface area contributed by atoms with Gasteiger partial charge < -0.3 is 4.74 Å². The van der Waals surface area contributed by atoms with Gasteiger partial charge in [0.05, 0.1) is 17.8 Å². The molecule has 1 aromatic heterocycles. The van der Waals surface area contributed by atoms with Crippen molar-refractivity contribution in [2.24, 2.45) is 0 Å². The van der Waals surface area contributed by atoms with E-state index in [-0.39, 0.29) is 0 Å². The van der Waals surface area contributed by atoms with E-state index in [0.717, 1.165) is 22.3 Å². The summed E-state index contributed by atoms with van der Waals surface area (Å²) in [6.45, 7) is 2.73. The Balaban J connectivity index is 1.87. The van der Waals surface area contributed by atoms with Gasteiger partial charge in [0.1, 0.15) is 5.75 Å². The number of rotatable bonds is 4. The molecule has 1 heterocycles. The molecule has 0 fully saturated rings. The van der Waals surface area contributed by atoms with Gasteiger partial charge >= 0.3 is 0 Å². The zero-order chi connectivity index (χ0) is 11.4. The lowest BCUT2D eigenvalue weighted by Gasteiger charge is -2.05. The van der Waals surface area contributed by atoms with Gasteiger partial charge in [0.15, 0.2) is 0 Å². The second kappa shape index (κ2) is 5.46. The monoisotopic (exact) mass is 297 g/mol. The van der Waals surface area contributed by atoms with E-state index in [9.17, 15) is 0 Å². The van der Waals surface area contributed by atoms with Crippen molar-refractivity contribution >= 4 is 27.3 Å². The smallest absolute Gasteiger partial charge is 0.120 e. The highest BCUT2D eigenvalue weighted by Gasteiger charge is 2.01. The van der Waals surface area contributed by atoms with Crippen LogP contribution in [-0.2, 0) is 6.42 Å². The Bertz CT molecular complexity index is 470. The summed E-state index contributed by atoms with van der Waals surface area (Å²) < 4.78 is 6.70. The zero-order valence-electron chi connectivity index (χ0n) is 8.94. The van der Waals surface area contributed by atoms with Crippen molar-refractivity contribution in [2.75, 3.05) is 6.61 Å². The van der Waals surface area contributed by atoms with Crippen LogP contribution in [0.5, 0.6) is 5.75 Å². The second-order valence-electron chi connectivity index (χ2n) is 3.42. The molecule has 0 unspecified atom stereocenters. The highest BCUT2D eigenvalue weighted by molar-refractivity contribution is 9.10. The molecule has 0 aliphatic rings. The first-order valence-electron chi connectivity index (χ1n) is 5.03. The normalized spacial score (nSPS) is 10.4. The van der Waals surface area contributed by atoms with Crippen LogP contribution in [0.2, 0.25) is 0 Å². The fraction of sp³-hybridized carbons (Fsp3) is 0.250. The van der Waals surface area contributed by atoms with Crippen LogP contribution in [0.3, 0.4) is 0 Å². The number of hydrogen-bond donors (Lipinski definition) is 0. The van der Waals surface area contributed by atoms with Gasteiger partial charge in [0, 0.05) is 15.8 Å². The van der Waals surface area contributed by atoms with E-state index in [1.54, 1.807) is 11.3 Å². The molecule has 0 aliphatic carbocycles. The first kappa shape index (κ1) is 11.6. The molecule has 16 heavy (non-hydrogen) atoms. The summed E-state index contributed by atoms with van der Waals surface area (Å²) in [6, 6.07) is 7.89. The zero-order valence-corrected chi connectivity index (χ0v) is 11.3. The first-order valence-corrected chi connectivity index (χ1v) is 6.70. The van der Waals surface area contributed by atoms with Gasteiger partial charge in [-0.25, -0.2) is 4.98 Å². The maximum Gasteiger partial charge on any atom is 0.120 e. The molecule has 0 aliphatic heterocycles. The fourth-order valence-corrected chi connectivity index (χ4v) is 2.53.